The molecule has 2 aromatic rings. The molecule has 3 rings (SSSR count). The molecular weight excluding hydrogens is 254 g/mol. The van der Waals surface area contributed by atoms with Crippen molar-refractivity contribution in [1.29, 1.82) is 0 Å². The summed E-state index contributed by atoms with van der Waals surface area (Å²) in [7, 11) is 1.72. The van der Waals surface area contributed by atoms with Crippen molar-refractivity contribution in [2.45, 2.75) is 24.8 Å². The molecule has 20 heavy (non-hydrogen) atoms. The Morgan fingerprint density at radius 2 is 1.90 bits per heavy atom. The van der Waals surface area contributed by atoms with Crippen LogP contribution in [0.4, 0.5) is 0 Å². The zero-order chi connectivity index (χ0) is 14.2. The predicted octanol–water partition coefficient (Wildman–Crippen LogP) is 1.89. The molecule has 1 aromatic carbocycles. The van der Waals surface area contributed by atoms with Gasteiger partial charge in [-0.25, -0.2) is 9.59 Å². The Labute approximate surface area is 116 Å². The van der Waals surface area contributed by atoms with Gasteiger partial charge < -0.3 is 4.57 Å². The number of imidazole rings is 1. The fourth-order valence-electron chi connectivity index (χ4n) is 2.66. The molecule has 0 bridgehead atoms. The van der Waals surface area contributed by atoms with Gasteiger partial charge in [0.2, 0.25) is 6.08 Å². The van der Waals surface area contributed by atoms with Gasteiger partial charge in [-0.3, -0.25) is 4.57 Å². The topological polar surface area (TPSA) is 56.4 Å². The molecule has 1 aromatic heterocycles. The van der Waals surface area contributed by atoms with Crippen molar-refractivity contribution in [3.63, 3.8) is 0 Å². The van der Waals surface area contributed by atoms with Crippen LogP contribution in [0.3, 0.4) is 0 Å². The second-order valence-electron chi connectivity index (χ2n) is 5.20. The van der Waals surface area contributed by atoms with Crippen LogP contribution in [0.5, 0.6) is 0 Å². The maximum atomic E-state index is 11.9. The van der Waals surface area contributed by atoms with Gasteiger partial charge in [0.15, 0.2) is 0 Å². The largest absolute Gasteiger partial charge is 0.332 e. The van der Waals surface area contributed by atoms with Gasteiger partial charge in [0, 0.05) is 19.4 Å². The third-order valence-electron chi connectivity index (χ3n) is 4.07. The molecule has 1 saturated carbocycles. The Morgan fingerprint density at radius 1 is 1.20 bits per heavy atom. The number of rotatable bonds is 3. The number of aryl methyl sites for hydroxylation is 1. The zero-order valence-corrected chi connectivity index (χ0v) is 11.2. The first-order valence-corrected chi connectivity index (χ1v) is 6.60. The van der Waals surface area contributed by atoms with Gasteiger partial charge >= 0.3 is 5.69 Å². The van der Waals surface area contributed by atoms with Gasteiger partial charge in [0.1, 0.15) is 0 Å². The van der Waals surface area contributed by atoms with Gasteiger partial charge in [-0.15, -0.1) is 0 Å². The molecule has 0 saturated heterocycles. The molecule has 5 heteroatoms. The van der Waals surface area contributed by atoms with E-state index in [9.17, 15) is 9.59 Å². The molecule has 1 aliphatic carbocycles. The zero-order valence-electron chi connectivity index (χ0n) is 11.2. The minimum Gasteiger partial charge on any atom is -0.302 e. The number of aliphatic imine (C=N–C) groups is 1. The standard InChI is InChI=1S/C15H15N3O2/c1-17-9-10-18(14(17)20)13-5-3-12(4-6-13)15(16-11-19)7-2-8-15/h3-6,9-10H,2,7-8H2,1H3. The number of hydrogen-bond donors (Lipinski definition) is 0. The van der Waals surface area contributed by atoms with E-state index in [0.29, 0.717) is 0 Å². The molecule has 1 aliphatic rings. The predicted molar refractivity (Wildman–Crippen MR) is 74.7 cm³/mol. The van der Waals surface area contributed by atoms with Crippen LogP contribution >= 0.6 is 0 Å². The smallest absolute Gasteiger partial charge is 0.302 e. The SMILES string of the molecule is Cn1ccn(-c2ccc(C3(N=C=O)CCC3)cc2)c1=O. The van der Waals surface area contributed by atoms with Crippen molar-refractivity contribution in [1.82, 2.24) is 9.13 Å². The quantitative estimate of drug-likeness (QED) is 0.631. The van der Waals surface area contributed by atoms with E-state index in [1.807, 2.05) is 24.3 Å². The number of isocyanates is 1. The molecule has 0 radical (unpaired) electrons. The molecular formula is C15H15N3O2. The molecule has 0 atom stereocenters. The molecule has 102 valence electrons. The van der Waals surface area contributed by atoms with Crippen LogP contribution in [0, 0.1) is 0 Å². The Hall–Kier alpha value is -2.39. The van der Waals surface area contributed by atoms with E-state index in [0.717, 1.165) is 30.5 Å². The fourth-order valence-corrected chi connectivity index (χ4v) is 2.66. The molecule has 1 heterocycles. The van der Waals surface area contributed by atoms with Crippen molar-refractivity contribution in [2.75, 3.05) is 0 Å². The summed E-state index contributed by atoms with van der Waals surface area (Å²) < 4.78 is 3.11. The molecule has 0 aliphatic heterocycles. The molecule has 0 spiro atoms. The van der Waals surface area contributed by atoms with Gasteiger partial charge in [-0.05, 0) is 37.0 Å². The van der Waals surface area contributed by atoms with Crippen molar-refractivity contribution < 1.29 is 4.79 Å². The average Bonchev–Trinajstić information content (AvgIpc) is 2.75. The average molecular weight is 269 g/mol. The second kappa shape index (κ2) is 4.62. The summed E-state index contributed by atoms with van der Waals surface area (Å²) >= 11 is 0. The summed E-state index contributed by atoms with van der Waals surface area (Å²) in [6, 6.07) is 7.65. The first kappa shape index (κ1) is 12.6. The summed E-state index contributed by atoms with van der Waals surface area (Å²) in [5.74, 6) is 0. The highest BCUT2D eigenvalue weighted by Crippen LogP contribution is 2.44. The molecule has 0 N–H and O–H groups in total. The maximum Gasteiger partial charge on any atom is 0.332 e. The number of nitrogens with zero attached hydrogens (tertiary/aromatic N) is 3. The van der Waals surface area contributed by atoms with Crippen LogP contribution in [-0.4, -0.2) is 15.2 Å². The third kappa shape index (κ3) is 1.84. The Morgan fingerprint density at radius 3 is 2.35 bits per heavy atom. The summed E-state index contributed by atoms with van der Waals surface area (Å²) in [6.45, 7) is 0. The fraction of sp³-hybridized carbons (Fsp3) is 0.333. The molecule has 0 unspecified atom stereocenters. The van der Waals surface area contributed by atoms with Crippen molar-refractivity contribution in [3.05, 3.63) is 52.7 Å². The first-order valence-electron chi connectivity index (χ1n) is 6.60. The van der Waals surface area contributed by atoms with E-state index in [-0.39, 0.29) is 11.2 Å². The van der Waals surface area contributed by atoms with Crippen LogP contribution < -0.4 is 5.69 Å². The number of carbonyl (C=O) groups excluding carboxylic acids is 1. The van der Waals surface area contributed by atoms with Gasteiger partial charge in [0.05, 0.1) is 11.2 Å². The highest BCUT2D eigenvalue weighted by molar-refractivity contribution is 5.42. The number of benzene rings is 1. The van der Waals surface area contributed by atoms with Crippen LogP contribution in [0.2, 0.25) is 0 Å². The van der Waals surface area contributed by atoms with Crippen LogP contribution in [-0.2, 0) is 17.4 Å². The Kier molecular flexibility index (Phi) is 2.92. The van der Waals surface area contributed by atoms with Crippen molar-refractivity contribution in [2.24, 2.45) is 12.0 Å². The van der Waals surface area contributed by atoms with E-state index < -0.39 is 0 Å². The Balaban J connectivity index is 1.98. The summed E-state index contributed by atoms with van der Waals surface area (Å²) in [5, 5.41) is 0. The van der Waals surface area contributed by atoms with Gasteiger partial charge in [-0.2, -0.15) is 4.99 Å². The lowest BCUT2D eigenvalue weighted by molar-refractivity contribution is 0.256. The highest BCUT2D eigenvalue weighted by Gasteiger charge is 2.38. The minimum absolute atomic E-state index is 0.0815. The second-order valence-corrected chi connectivity index (χ2v) is 5.20. The lowest BCUT2D eigenvalue weighted by Crippen LogP contribution is -2.31. The summed E-state index contributed by atoms with van der Waals surface area (Å²) in [6.07, 6.45) is 7.98. The normalized spacial score (nSPS) is 16.2. The molecule has 1 fully saturated rings. The molecule has 0 amide bonds. The van der Waals surface area contributed by atoms with E-state index in [1.54, 1.807) is 30.1 Å². The van der Waals surface area contributed by atoms with E-state index >= 15 is 0 Å². The highest BCUT2D eigenvalue weighted by atomic mass is 16.1. The maximum absolute atomic E-state index is 11.9. The summed E-state index contributed by atoms with van der Waals surface area (Å²) in [5.41, 5.74) is 1.35. The van der Waals surface area contributed by atoms with Crippen molar-refractivity contribution in [3.8, 4) is 5.69 Å². The number of hydrogen-bond acceptors (Lipinski definition) is 3. The van der Waals surface area contributed by atoms with E-state index in [4.69, 9.17) is 0 Å². The van der Waals surface area contributed by atoms with Gasteiger partial charge in [0.25, 0.3) is 0 Å². The lowest BCUT2D eigenvalue weighted by Gasteiger charge is -2.37. The Bertz CT molecular complexity index is 729. The van der Waals surface area contributed by atoms with E-state index in [1.165, 1.54) is 4.57 Å². The van der Waals surface area contributed by atoms with Crippen molar-refractivity contribution >= 4 is 6.08 Å². The first-order chi connectivity index (χ1) is 9.66. The number of aromatic nitrogens is 2. The lowest BCUT2D eigenvalue weighted by atomic mass is 9.72. The van der Waals surface area contributed by atoms with Crippen LogP contribution in [0.15, 0.2) is 46.4 Å². The monoisotopic (exact) mass is 269 g/mol. The van der Waals surface area contributed by atoms with E-state index in [2.05, 4.69) is 4.99 Å². The molecule has 5 nitrogen and oxygen atoms in total. The summed E-state index contributed by atoms with van der Waals surface area (Å²) in [4.78, 5) is 26.4. The minimum atomic E-state index is -0.387. The van der Waals surface area contributed by atoms with Gasteiger partial charge in [-0.1, -0.05) is 12.1 Å². The van der Waals surface area contributed by atoms with Crippen LogP contribution in [0.1, 0.15) is 24.8 Å². The third-order valence-corrected chi connectivity index (χ3v) is 4.07. The van der Waals surface area contributed by atoms with Crippen LogP contribution in [0.25, 0.3) is 5.69 Å².